The van der Waals surface area contributed by atoms with E-state index in [1.807, 2.05) is 27.7 Å². The van der Waals surface area contributed by atoms with Crippen molar-refractivity contribution in [2.24, 2.45) is 0 Å². The van der Waals surface area contributed by atoms with Crippen LogP contribution in [0.4, 0.5) is 0 Å². The van der Waals surface area contributed by atoms with Crippen LogP contribution < -0.4 is 0 Å². The molecule has 0 aliphatic carbocycles. The van der Waals surface area contributed by atoms with E-state index in [0.717, 1.165) is 0 Å². The Hall–Kier alpha value is -1.76. The van der Waals surface area contributed by atoms with Crippen LogP contribution in [0.5, 0.6) is 0 Å². The van der Waals surface area contributed by atoms with E-state index in [0.29, 0.717) is 0 Å². The van der Waals surface area contributed by atoms with E-state index in [9.17, 15) is 0 Å². The summed E-state index contributed by atoms with van der Waals surface area (Å²) < 4.78 is 4.36. The summed E-state index contributed by atoms with van der Waals surface area (Å²) in [4.78, 5) is 0. The van der Waals surface area contributed by atoms with Crippen LogP contribution in [0, 0.1) is 0 Å². The lowest BCUT2D eigenvalue weighted by atomic mass is 10.8. The molecule has 0 bridgehead atoms. The SMILES string of the molecule is C=CC.C=CC.C=CC.C=CC.C=COC=C. The van der Waals surface area contributed by atoms with Gasteiger partial charge in [-0.3, -0.25) is 0 Å². The van der Waals surface area contributed by atoms with Crippen LogP contribution in [0.15, 0.2) is 76.3 Å². The Morgan fingerprint density at radius 1 is 0.529 bits per heavy atom. The summed E-state index contributed by atoms with van der Waals surface area (Å²) in [5, 5.41) is 0. The molecule has 0 saturated heterocycles. The lowest BCUT2D eigenvalue weighted by Crippen LogP contribution is -1.52. The smallest absolute Gasteiger partial charge is 0.0829 e. The molecule has 1 nitrogen and oxygen atoms in total. The van der Waals surface area contributed by atoms with Crippen molar-refractivity contribution < 1.29 is 4.74 Å². The molecule has 17 heavy (non-hydrogen) atoms. The van der Waals surface area contributed by atoms with Crippen molar-refractivity contribution >= 4 is 0 Å². The summed E-state index contributed by atoms with van der Waals surface area (Å²) in [5.41, 5.74) is 0. The molecule has 0 amide bonds. The molecule has 0 aromatic rings. The van der Waals surface area contributed by atoms with Crippen molar-refractivity contribution in [3.63, 3.8) is 0 Å². The van der Waals surface area contributed by atoms with Gasteiger partial charge in [-0.15, -0.1) is 26.3 Å². The van der Waals surface area contributed by atoms with Gasteiger partial charge in [0.25, 0.3) is 0 Å². The number of hydrogen-bond donors (Lipinski definition) is 0. The third kappa shape index (κ3) is 37000. The highest BCUT2D eigenvalue weighted by Gasteiger charge is 1.45. The molecule has 0 atom stereocenters. The van der Waals surface area contributed by atoms with Crippen molar-refractivity contribution in [1.82, 2.24) is 0 Å². The van der Waals surface area contributed by atoms with E-state index >= 15 is 0 Å². The summed E-state index contributed by atoms with van der Waals surface area (Å²) in [6.45, 7) is 27.5. The number of allylic oxidation sites excluding steroid dienone is 4. The van der Waals surface area contributed by atoms with Gasteiger partial charge in [0.05, 0.1) is 12.5 Å². The van der Waals surface area contributed by atoms with Crippen LogP contribution in [0.1, 0.15) is 27.7 Å². The highest BCUT2D eigenvalue weighted by Crippen LogP contribution is 1.65. The van der Waals surface area contributed by atoms with E-state index in [1.54, 1.807) is 24.3 Å². The first-order valence-electron chi connectivity index (χ1n) is 5.23. The van der Waals surface area contributed by atoms with Crippen LogP contribution in [-0.2, 0) is 4.74 Å². The normalized spacial score (nSPS) is 4.71. The molecule has 0 saturated carbocycles. The van der Waals surface area contributed by atoms with Gasteiger partial charge in [0.1, 0.15) is 0 Å². The zero-order valence-corrected chi connectivity index (χ0v) is 12.1. The van der Waals surface area contributed by atoms with Gasteiger partial charge < -0.3 is 4.74 Å². The molecule has 0 heterocycles. The van der Waals surface area contributed by atoms with Crippen LogP contribution >= 0.6 is 0 Å². The number of rotatable bonds is 2. The number of ether oxygens (including phenoxy) is 1. The Kier molecular flexibility index (Phi) is 158. The largest absolute Gasteiger partial charge is 0.474 e. The van der Waals surface area contributed by atoms with Crippen molar-refractivity contribution in [2.75, 3.05) is 0 Å². The fourth-order valence-electron chi connectivity index (χ4n) is 0.0680. The standard InChI is InChI=1S/C4H6O.4C3H6/c1-3-5-4-2;4*1-3-2/h3-4H,1-2H2;4*3H,1H2,2H3. The Morgan fingerprint density at radius 3 is 0.647 bits per heavy atom. The average molecular weight is 238 g/mol. The predicted molar refractivity (Wildman–Crippen MR) is 85.0 cm³/mol. The maximum atomic E-state index is 4.36. The topological polar surface area (TPSA) is 9.23 Å². The van der Waals surface area contributed by atoms with Crippen molar-refractivity contribution in [3.05, 3.63) is 76.3 Å². The predicted octanol–water partition coefficient (Wildman–Crippen LogP) is 6.06. The molecule has 0 radical (unpaired) electrons. The van der Waals surface area contributed by atoms with Gasteiger partial charge in [0.2, 0.25) is 0 Å². The van der Waals surface area contributed by atoms with Crippen LogP contribution in [0.3, 0.4) is 0 Å². The molecule has 0 rings (SSSR count). The van der Waals surface area contributed by atoms with E-state index in [4.69, 9.17) is 0 Å². The first-order valence-corrected chi connectivity index (χ1v) is 5.23. The molecule has 0 aliphatic heterocycles. The van der Waals surface area contributed by atoms with Crippen LogP contribution in [0.25, 0.3) is 0 Å². The van der Waals surface area contributed by atoms with Gasteiger partial charge in [-0.2, -0.15) is 0 Å². The molecule has 1 heteroatoms. The van der Waals surface area contributed by atoms with E-state index < -0.39 is 0 Å². The first kappa shape index (κ1) is 29.5. The maximum absolute atomic E-state index is 4.36. The van der Waals surface area contributed by atoms with Crippen molar-refractivity contribution in [1.29, 1.82) is 0 Å². The summed E-state index contributed by atoms with van der Waals surface area (Å²) >= 11 is 0. The Balaban J connectivity index is -0.0000000362. The zero-order chi connectivity index (χ0) is 14.9. The lowest BCUT2D eigenvalue weighted by molar-refractivity contribution is 0.406. The summed E-state index contributed by atoms with van der Waals surface area (Å²) in [6, 6.07) is 0. The van der Waals surface area contributed by atoms with Crippen molar-refractivity contribution in [2.45, 2.75) is 27.7 Å². The second kappa shape index (κ2) is 90.9. The van der Waals surface area contributed by atoms with Crippen LogP contribution in [-0.4, -0.2) is 0 Å². The molecule has 0 aliphatic rings. The zero-order valence-electron chi connectivity index (χ0n) is 12.1. The molecule has 0 aromatic carbocycles. The molecule has 0 spiro atoms. The van der Waals surface area contributed by atoms with E-state index in [-0.39, 0.29) is 0 Å². The summed E-state index contributed by atoms with van der Waals surface area (Å²) in [6.07, 6.45) is 9.62. The minimum absolute atomic E-state index is 1.31. The molecular formula is C16H30O. The molecular weight excluding hydrogens is 208 g/mol. The van der Waals surface area contributed by atoms with Gasteiger partial charge in [-0.05, 0) is 27.7 Å². The van der Waals surface area contributed by atoms with Gasteiger partial charge in [-0.25, -0.2) is 0 Å². The van der Waals surface area contributed by atoms with E-state index in [1.165, 1.54) is 12.5 Å². The first-order chi connectivity index (χ1) is 8.07. The maximum Gasteiger partial charge on any atom is 0.0829 e. The lowest BCUT2D eigenvalue weighted by Gasteiger charge is -1.76. The third-order valence-electron chi connectivity index (χ3n) is 0.192. The molecule has 0 aromatic heterocycles. The molecule has 100 valence electrons. The van der Waals surface area contributed by atoms with E-state index in [2.05, 4.69) is 44.2 Å². The number of hydrogen-bond acceptors (Lipinski definition) is 1. The van der Waals surface area contributed by atoms with Crippen LogP contribution in [0.2, 0.25) is 0 Å². The Morgan fingerprint density at radius 2 is 0.647 bits per heavy atom. The van der Waals surface area contributed by atoms with Gasteiger partial charge in [0.15, 0.2) is 0 Å². The minimum atomic E-state index is 1.31. The average Bonchev–Trinajstić information content (AvgIpc) is 2.23. The highest BCUT2D eigenvalue weighted by molar-refractivity contribution is 4.57. The second-order valence-electron chi connectivity index (χ2n) is 2.10. The monoisotopic (exact) mass is 238 g/mol. The fraction of sp³-hybridized carbons (Fsp3) is 0.250. The second-order valence-corrected chi connectivity index (χ2v) is 2.10. The highest BCUT2D eigenvalue weighted by atomic mass is 16.5. The van der Waals surface area contributed by atoms with Gasteiger partial charge in [0, 0.05) is 0 Å². The minimum Gasteiger partial charge on any atom is -0.474 e. The Bertz CT molecular complexity index is 125. The molecule has 0 fully saturated rings. The summed E-state index contributed by atoms with van der Waals surface area (Å²) in [5.74, 6) is 0. The fourth-order valence-corrected chi connectivity index (χ4v) is 0.0680. The molecule has 0 N–H and O–H groups in total. The third-order valence-corrected chi connectivity index (χ3v) is 0.192. The quantitative estimate of drug-likeness (QED) is 0.420. The van der Waals surface area contributed by atoms with Gasteiger partial charge in [-0.1, -0.05) is 37.5 Å². The van der Waals surface area contributed by atoms with Crippen molar-refractivity contribution in [3.8, 4) is 0 Å². The summed E-state index contributed by atoms with van der Waals surface area (Å²) in [7, 11) is 0. The Labute approximate surface area is 109 Å². The molecule has 0 unspecified atom stereocenters. The van der Waals surface area contributed by atoms with Gasteiger partial charge >= 0.3 is 0 Å².